The Labute approximate surface area is 145 Å². The first-order chi connectivity index (χ1) is 12.1. The van der Waals surface area contributed by atoms with Gasteiger partial charge in [0.15, 0.2) is 0 Å². The Kier molecular flexibility index (Phi) is 6.90. The molecule has 0 aliphatic heterocycles. The molecular formula is C16H21N5O4. The van der Waals surface area contributed by atoms with Crippen molar-refractivity contribution < 1.29 is 19.4 Å². The van der Waals surface area contributed by atoms with Crippen LogP contribution in [0.4, 0.5) is 5.69 Å². The lowest BCUT2D eigenvalue weighted by molar-refractivity contribution is -0.134. The molecule has 0 aliphatic carbocycles. The van der Waals surface area contributed by atoms with Crippen molar-refractivity contribution in [2.75, 3.05) is 32.1 Å². The van der Waals surface area contributed by atoms with E-state index in [-0.39, 0.29) is 12.5 Å². The molecule has 9 heteroatoms. The Morgan fingerprint density at radius 1 is 1.36 bits per heavy atom. The Hall–Kier alpha value is -2.94. The second-order valence-corrected chi connectivity index (χ2v) is 5.27. The number of ether oxygens (including phenoxy) is 1. The van der Waals surface area contributed by atoms with E-state index >= 15 is 0 Å². The highest BCUT2D eigenvalue weighted by Crippen LogP contribution is 2.10. The van der Waals surface area contributed by atoms with Crippen LogP contribution in [0.2, 0.25) is 0 Å². The zero-order valence-electron chi connectivity index (χ0n) is 13.9. The van der Waals surface area contributed by atoms with Crippen LogP contribution < -0.4 is 10.6 Å². The molecule has 1 aromatic heterocycles. The minimum absolute atomic E-state index is 0.206. The number of methoxy groups -OCH3 is 1. The van der Waals surface area contributed by atoms with Crippen LogP contribution in [0.15, 0.2) is 30.6 Å². The molecule has 3 N–H and O–H groups in total. The van der Waals surface area contributed by atoms with Gasteiger partial charge in [0.2, 0.25) is 0 Å². The zero-order valence-corrected chi connectivity index (χ0v) is 13.9. The van der Waals surface area contributed by atoms with E-state index in [1.807, 2.05) is 4.57 Å². The number of carboxylic acid groups (broad SMARTS) is 1. The minimum atomic E-state index is -0.965. The van der Waals surface area contributed by atoms with Crippen molar-refractivity contribution in [1.82, 2.24) is 20.1 Å². The highest BCUT2D eigenvalue weighted by molar-refractivity contribution is 5.95. The van der Waals surface area contributed by atoms with Crippen molar-refractivity contribution >= 4 is 17.6 Å². The molecule has 0 saturated carbocycles. The number of aromatic nitrogens is 3. The molecule has 25 heavy (non-hydrogen) atoms. The summed E-state index contributed by atoms with van der Waals surface area (Å²) < 4.78 is 6.91. The highest BCUT2D eigenvalue weighted by Gasteiger charge is 2.08. The number of carboxylic acids is 1. The normalized spacial score (nSPS) is 10.4. The molecule has 134 valence electrons. The smallest absolute Gasteiger partial charge is 0.322 e. The molecule has 0 fully saturated rings. The number of anilines is 1. The Balaban J connectivity index is 1.85. The predicted molar refractivity (Wildman–Crippen MR) is 90.5 cm³/mol. The number of amides is 1. The molecule has 0 bridgehead atoms. The van der Waals surface area contributed by atoms with Crippen molar-refractivity contribution in [3.63, 3.8) is 0 Å². The second kappa shape index (κ2) is 9.38. The van der Waals surface area contributed by atoms with Gasteiger partial charge in [-0.15, -0.1) is 10.2 Å². The monoisotopic (exact) mass is 347 g/mol. The average molecular weight is 347 g/mol. The van der Waals surface area contributed by atoms with E-state index in [9.17, 15) is 9.59 Å². The Morgan fingerprint density at radius 3 is 2.96 bits per heavy atom. The first kappa shape index (κ1) is 18.4. The summed E-state index contributed by atoms with van der Waals surface area (Å²) in [6, 6.07) is 6.68. The van der Waals surface area contributed by atoms with Crippen LogP contribution >= 0.6 is 0 Å². The maximum absolute atomic E-state index is 12.2. The van der Waals surface area contributed by atoms with Crippen LogP contribution in [0.3, 0.4) is 0 Å². The molecular weight excluding hydrogens is 326 g/mol. The number of aliphatic carboxylic acids is 1. The van der Waals surface area contributed by atoms with Crippen molar-refractivity contribution in [1.29, 1.82) is 0 Å². The van der Waals surface area contributed by atoms with Gasteiger partial charge in [-0.1, -0.05) is 6.07 Å². The number of nitrogens with zero attached hydrogens (tertiary/aromatic N) is 3. The fourth-order valence-electron chi connectivity index (χ4n) is 2.19. The van der Waals surface area contributed by atoms with Gasteiger partial charge in [0, 0.05) is 37.9 Å². The van der Waals surface area contributed by atoms with Crippen LogP contribution in [0.5, 0.6) is 0 Å². The fraction of sp³-hybridized carbons (Fsp3) is 0.375. The minimum Gasteiger partial charge on any atom is -0.480 e. The largest absolute Gasteiger partial charge is 0.480 e. The van der Waals surface area contributed by atoms with Crippen LogP contribution in [-0.2, 0) is 22.5 Å². The van der Waals surface area contributed by atoms with Gasteiger partial charge < -0.3 is 25.0 Å². The van der Waals surface area contributed by atoms with Gasteiger partial charge >= 0.3 is 5.97 Å². The predicted octanol–water partition coefficient (Wildman–Crippen LogP) is 0.393. The number of rotatable bonds is 10. The molecule has 1 amide bonds. The fourth-order valence-corrected chi connectivity index (χ4v) is 2.19. The highest BCUT2D eigenvalue weighted by atomic mass is 16.5. The molecule has 0 spiro atoms. The van der Waals surface area contributed by atoms with E-state index < -0.39 is 5.97 Å². The van der Waals surface area contributed by atoms with Crippen LogP contribution in [0, 0.1) is 0 Å². The summed E-state index contributed by atoms with van der Waals surface area (Å²) >= 11 is 0. The van der Waals surface area contributed by atoms with E-state index in [4.69, 9.17) is 9.84 Å². The lowest BCUT2D eigenvalue weighted by atomic mass is 10.2. The number of hydrogen-bond acceptors (Lipinski definition) is 6. The number of nitrogens with one attached hydrogen (secondary N) is 2. The molecule has 1 aromatic carbocycles. The molecule has 0 atom stereocenters. The van der Waals surface area contributed by atoms with Crippen molar-refractivity contribution in [2.24, 2.45) is 0 Å². The van der Waals surface area contributed by atoms with Gasteiger partial charge in [-0.2, -0.15) is 0 Å². The Morgan fingerprint density at radius 2 is 2.20 bits per heavy atom. The molecule has 0 radical (unpaired) electrons. The molecule has 0 saturated heterocycles. The third-order valence-electron chi connectivity index (χ3n) is 3.43. The van der Waals surface area contributed by atoms with Gasteiger partial charge in [-0.05, 0) is 18.2 Å². The summed E-state index contributed by atoms with van der Waals surface area (Å²) in [5, 5.41) is 22.1. The molecule has 9 nitrogen and oxygen atoms in total. The average Bonchev–Trinajstić information content (AvgIpc) is 3.05. The number of benzene rings is 1. The van der Waals surface area contributed by atoms with Crippen molar-refractivity contribution in [3.8, 4) is 0 Å². The number of carbonyl (C=O) groups is 2. The van der Waals surface area contributed by atoms with E-state index in [1.165, 1.54) is 0 Å². The molecule has 2 aromatic rings. The van der Waals surface area contributed by atoms with Crippen LogP contribution in [0.25, 0.3) is 0 Å². The van der Waals surface area contributed by atoms with E-state index in [0.29, 0.717) is 37.4 Å². The van der Waals surface area contributed by atoms with Crippen molar-refractivity contribution in [2.45, 2.75) is 13.0 Å². The van der Waals surface area contributed by atoms with Crippen molar-refractivity contribution in [3.05, 3.63) is 42.0 Å². The summed E-state index contributed by atoms with van der Waals surface area (Å²) in [7, 11) is 1.63. The standard InChI is InChI=1S/C16H21N5O4/c1-25-8-7-21-11-19-20-14(21)5-6-17-16(24)12-3-2-4-13(9-12)18-10-15(22)23/h2-4,9,11,18H,5-8,10H2,1H3,(H,17,24)(H,22,23). The third-order valence-corrected chi connectivity index (χ3v) is 3.43. The summed E-state index contributed by atoms with van der Waals surface area (Å²) in [6.45, 7) is 1.43. The van der Waals surface area contributed by atoms with Gasteiger partial charge in [0.05, 0.1) is 6.61 Å². The maximum atomic E-state index is 12.2. The molecule has 0 unspecified atom stereocenters. The van der Waals surface area contributed by atoms with Gasteiger partial charge in [-0.3, -0.25) is 9.59 Å². The van der Waals surface area contributed by atoms with Gasteiger partial charge in [-0.25, -0.2) is 0 Å². The summed E-state index contributed by atoms with van der Waals surface area (Å²) in [6.07, 6.45) is 2.18. The van der Waals surface area contributed by atoms with E-state index in [2.05, 4.69) is 20.8 Å². The van der Waals surface area contributed by atoms with Gasteiger partial charge in [0.25, 0.3) is 5.91 Å². The molecule has 0 aliphatic rings. The topological polar surface area (TPSA) is 118 Å². The maximum Gasteiger partial charge on any atom is 0.322 e. The van der Waals surface area contributed by atoms with E-state index in [1.54, 1.807) is 37.7 Å². The number of carbonyl (C=O) groups excluding carboxylic acids is 1. The summed E-state index contributed by atoms with van der Waals surface area (Å²) in [4.78, 5) is 22.8. The summed E-state index contributed by atoms with van der Waals surface area (Å²) in [5.41, 5.74) is 1.03. The lowest BCUT2D eigenvalue weighted by Gasteiger charge is -2.09. The second-order valence-electron chi connectivity index (χ2n) is 5.27. The SMILES string of the molecule is COCCn1cnnc1CCNC(=O)c1cccc(NCC(=O)O)c1. The third kappa shape index (κ3) is 5.88. The first-order valence-corrected chi connectivity index (χ1v) is 7.79. The lowest BCUT2D eigenvalue weighted by Crippen LogP contribution is -2.26. The van der Waals surface area contributed by atoms with E-state index in [0.717, 1.165) is 5.82 Å². The zero-order chi connectivity index (χ0) is 18.1. The number of hydrogen-bond donors (Lipinski definition) is 3. The molecule has 1 heterocycles. The quantitative estimate of drug-likeness (QED) is 0.569. The van der Waals surface area contributed by atoms with Crippen LogP contribution in [0.1, 0.15) is 16.2 Å². The summed E-state index contributed by atoms with van der Waals surface area (Å²) in [5.74, 6) is -0.427. The van der Waals surface area contributed by atoms with Gasteiger partial charge in [0.1, 0.15) is 18.7 Å². The Bertz CT molecular complexity index is 716. The first-order valence-electron chi connectivity index (χ1n) is 7.79. The molecule has 2 rings (SSSR count). The van der Waals surface area contributed by atoms with Crippen LogP contribution in [-0.4, -0.2) is 58.6 Å².